The van der Waals surface area contributed by atoms with Crippen LogP contribution in [0, 0.1) is 28.6 Å². The van der Waals surface area contributed by atoms with Crippen LogP contribution in [-0.2, 0) is 6.42 Å². The Morgan fingerprint density at radius 2 is 1.38 bits per heavy atom. The lowest BCUT2D eigenvalue weighted by Crippen LogP contribution is -2.46. The van der Waals surface area contributed by atoms with E-state index < -0.39 is 0 Å². The van der Waals surface area contributed by atoms with Crippen LogP contribution in [0.2, 0.25) is 0 Å². The smallest absolute Gasteiger partial charge is 0.194 e. The molecule has 0 amide bonds. The van der Waals surface area contributed by atoms with Gasteiger partial charge in [-0.15, -0.1) is 0 Å². The average Bonchev–Trinajstić information content (AvgIpc) is 3.60. The molecule has 4 bridgehead atoms. The lowest BCUT2D eigenvalue weighted by Gasteiger charge is -2.57. The molecule has 6 aliphatic rings. The highest BCUT2D eigenvalue weighted by Gasteiger charge is 2.50. The zero-order valence-corrected chi connectivity index (χ0v) is 32.8. The van der Waals surface area contributed by atoms with E-state index in [1.54, 1.807) is 19.3 Å². The highest BCUT2D eigenvalue weighted by molar-refractivity contribution is 7.59. The molecule has 0 aromatic heterocycles. The van der Waals surface area contributed by atoms with Crippen LogP contribution >= 0.6 is 27.0 Å². The maximum atomic E-state index is 9.14. The summed E-state index contributed by atoms with van der Waals surface area (Å²) in [5.74, 6) is 4.69. The first-order chi connectivity index (χ1) is 23.5. The van der Waals surface area contributed by atoms with Crippen molar-refractivity contribution in [3.05, 3.63) is 60.2 Å². The Morgan fingerprint density at radius 3 is 2.06 bits per heavy atom. The van der Waals surface area contributed by atoms with Gasteiger partial charge < -0.3 is 20.4 Å². The van der Waals surface area contributed by atoms with Gasteiger partial charge in [0.25, 0.3) is 0 Å². The summed E-state index contributed by atoms with van der Waals surface area (Å²) in [5, 5.41) is 9.14. The van der Waals surface area contributed by atoms with Crippen molar-refractivity contribution in [1.82, 2.24) is 14.7 Å². The molecule has 0 radical (unpaired) electrons. The van der Waals surface area contributed by atoms with E-state index in [4.69, 9.17) is 11.1 Å². The fraction of sp³-hybridized carbons (Fsp3) is 0.667. The monoisotopic (exact) mass is 718 g/mol. The van der Waals surface area contributed by atoms with Gasteiger partial charge in [-0.1, -0.05) is 80.8 Å². The van der Waals surface area contributed by atoms with E-state index in [1.165, 1.54) is 80.9 Å². The molecule has 4 saturated carbocycles. The summed E-state index contributed by atoms with van der Waals surface area (Å²) in [6.07, 6.45) is 21.4. The second-order valence-electron chi connectivity index (χ2n) is 16.5. The SMILES string of the molecule is CCCC[C@H]1CN(CCCC[C@H]2CN=C(N)N2CCCCC23CC4CC(CC(C4)C2)C3)C(=N)N1CCc1ccc(-c2ccccc2)cc1.S.S. The maximum absolute atomic E-state index is 9.14. The summed E-state index contributed by atoms with van der Waals surface area (Å²) < 4.78 is 0. The van der Waals surface area contributed by atoms with Gasteiger partial charge in [0.15, 0.2) is 11.9 Å². The van der Waals surface area contributed by atoms with Crippen LogP contribution in [0.4, 0.5) is 0 Å². The van der Waals surface area contributed by atoms with Crippen LogP contribution in [0.25, 0.3) is 11.1 Å². The Labute approximate surface area is 317 Å². The minimum atomic E-state index is 0. The van der Waals surface area contributed by atoms with Crippen LogP contribution in [0.5, 0.6) is 0 Å². The Balaban J connectivity index is 0.00000243. The second kappa shape index (κ2) is 17.9. The molecule has 2 heterocycles. The summed E-state index contributed by atoms with van der Waals surface area (Å²) >= 11 is 0. The Bertz CT molecular complexity index is 1350. The molecule has 8 rings (SSSR count). The molecule has 0 unspecified atom stereocenters. The standard InChI is InChI=1S/C42H62N6.2H2S/c1-2-3-13-39-31-46(41(44)48(39)23-19-32-15-17-37(18-16-32)36-11-5-4-6-12-36)21-9-7-14-38-30-45-40(43)47(38)22-10-8-20-42-27-33-24-34(28-42)26-35(25-33)29-42;;/h4-6,11-12,15-18,33-35,38-39,44H,2-3,7-10,13-14,19-31H2,1H3,(H2,43,45);2*1H2/t33?,34?,35?,38-,39-,42?;;/m0../s1. The third-order valence-corrected chi connectivity index (χ3v) is 13.0. The largest absolute Gasteiger partial charge is 0.370 e. The van der Waals surface area contributed by atoms with E-state index in [0.717, 1.165) is 81.7 Å². The zero-order valence-electron chi connectivity index (χ0n) is 30.8. The maximum Gasteiger partial charge on any atom is 0.194 e. The molecule has 50 heavy (non-hydrogen) atoms. The van der Waals surface area contributed by atoms with Crippen LogP contribution in [0.15, 0.2) is 59.6 Å². The van der Waals surface area contributed by atoms with Gasteiger partial charge in [-0.05, 0) is 123 Å². The van der Waals surface area contributed by atoms with Crippen molar-refractivity contribution in [3.63, 3.8) is 0 Å². The van der Waals surface area contributed by atoms with Crippen LogP contribution in [-0.4, -0.2) is 71.4 Å². The van der Waals surface area contributed by atoms with E-state index >= 15 is 0 Å². The van der Waals surface area contributed by atoms with Crippen molar-refractivity contribution in [2.24, 2.45) is 33.9 Å². The number of hydrogen-bond acceptors (Lipinski definition) is 4. The van der Waals surface area contributed by atoms with Crippen molar-refractivity contribution < 1.29 is 0 Å². The number of unbranched alkanes of at least 4 members (excludes halogenated alkanes) is 3. The quantitative estimate of drug-likeness (QED) is 0.161. The number of nitrogens with zero attached hydrogens (tertiary/aromatic N) is 4. The van der Waals surface area contributed by atoms with Gasteiger partial charge in [-0.25, -0.2) is 0 Å². The predicted octanol–water partition coefficient (Wildman–Crippen LogP) is 8.79. The fourth-order valence-corrected chi connectivity index (χ4v) is 10.9. The molecular formula is C42H66N6S2. The average molecular weight is 719 g/mol. The number of aliphatic imine (C=N–C) groups is 1. The summed E-state index contributed by atoms with van der Waals surface area (Å²) in [7, 11) is 0. The number of hydrogen-bond donors (Lipinski definition) is 2. The van der Waals surface area contributed by atoms with Gasteiger partial charge in [-0.3, -0.25) is 10.4 Å². The lowest BCUT2D eigenvalue weighted by atomic mass is 9.48. The molecule has 0 spiro atoms. The summed E-state index contributed by atoms with van der Waals surface area (Å²) in [6.45, 7) is 7.12. The first kappa shape index (κ1) is 38.9. The first-order valence-corrected chi connectivity index (χ1v) is 19.8. The molecular weight excluding hydrogens is 653 g/mol. The van der Waals surface area contributed by atoms with Crippen LogP contribution < -0.4 is 5.73 Å². The summed E-state index contributed by atoms with van der Waals surface area (Å²) in [4.78, 5) is 11.9. The Kier molecular flexibility index (Phi) is 14.0. The van der Waals surface area contributed by atoms with Crippen molar-refractivity contribution in [3.8, 4) is 11.1 Å². The number of nitrogens with one attached hydrogen (secondary N) is 1. The molecule has 3 N–H and O–H groups in total. The number of rotatable bonds is 17. The number of benzene rings is 2. The molecule has 276 valence electrons. The van der Waals surface area contributed by atoms with E-state index in [2.05, 4.69) is 81.2 Å². The predicted molar refractivity (Wildman–Crippen MR) is 221 cm³/mol. The zero-order chi connectivity index (χ0) is 32.9. The van der Waals surface area contributed by atoms with Gasteiger partial charge >= 0.3 is 0 Å². The normalized spacial score (nSPS) is 28.2. The van der Waals surface area contributed by atoms with Gasteiger partial charge in [0.05, 0.1) is 12.6 Å². The van der Waals surface area contributed by atoms with Gasteiger partial charge in [-0.2, -0.15) is 27.0 Å². The minimum Gasteiger partial charge on any atom is -0.370 e. The first-order valence-electron chi connectivity index (χ1n) is 19.8. The third-order valence-electron chi connectivity index (χ3n) is 13.0. The van der Waals surface area contributed by atoms with Crippen molar-refractivity contribution in [2.75, 3.05) is 32.7 Å². The lowest BCUT2D eigenvalue weighted by molar-refractivity contribution is -0.0584. The molecule has 4 aliphatic carbocycles. The van der Waals surface area contributed by atoms with Crippen molar-refractivity contribution in [1.29, 1.82) is 5.41 Å². The molecule has 6 nitrogen and oxygen atoms in total. The third kappa shape index (κ3) is 9.18. The Hall–Kier alpha value is -2.32. The molecule has 2 atom stereocenters. The van der Waals surface area contributed by atoms with E-state index in [0.29, 0.717) is 17.5 Å². The highest BCUT2D eigenvalue weighted by Crippen LogP contribution is 2.61. The topological polar surface area (TPSA) is 72.0 Å². The minimum absolute atomic E-state index is 0. The number of nitrogens with two attached hydrogens (primary N) is 1. The molecule has 8 heteroatoms. The summed E-state index contributed by atoms with van der Waals surface area (Å²) in [5.41, 5.74) is 11.0. The van der Waals surface area contributed by atoms with Crippen LogP contribution in [0.3, 0.4) is 0 Å². The molecule has 2 aromatic rings. The van der Waals surface area contributed by atoms with Gasteiger partial charge in [0, 0.05) is 32.2 Å². The van der Waals surface area contributed by atoms with E-state index in [1.807, 2.05) is 0 Å². The second-order valence-corrected chi connectivity index (χ2v) is 16.5. The van der Waals surface area contributed by atoms with E-state index in [-0.39, 0.29) is 27.0 Å². The number of guanidine groups is 2. The summed E-state index contributed by atoms with van der Waals surface area (Å²) in [6, 6.07) is 20.6. The van der Waals surface area contributed by atoms with Gasteiger partial charge in [0.2, 0.25) is 0 Å². The van der Waals surface area contributed by atoms with Crippen molar-refractivity contribution >= 4 is 38.9 Å². The van der Waals surface area contributed by atoms with Crippen LogP contribution in [0.1, 0.15) is 109 Å². The van der Waals surface area contributed by atoms with Crippen molar-refractivity contribution in [2.45, 2.75) is 122 Å². The van der Waals surface area contributed by atoms with Gasteiger partial charge in [0.1, 0.15) is 0 Å². The fourth-order valence-electron chi connectivity index (χ4n) is 10.9. The molecule has 1 saturated heterocycles. The molecule has 2 aliphatic heterocycles. The molecule has 5 fully saturated rings. The highest BCUT2D eigenvalue weighted by atomic mass is 32.1. The Morgan fingerprint density at radius 1 is 0.740 bits per heavy atom. The van der Waals surface area contributed by atoms with E-state index in [9.17, 15) is 0 Å². The molecule has 2 aromatic carbocycles.